The summed E-state index contributed by atoms with van der Waals surface area (Å²) in [5.74, 6) is 0.733. The van der Waals surface area contributed by atoms with Gasteiger partial charge in [-0.3, -0.25) is 0 Å². The van der Waals surface area contributed by atoms with Crippen LogP contribution in [0.5, 0.6) is 0 Å². The maximum Gasteiger partial charge on any atom is 0.0585 e. The Labute approximate surface area is 70.3 Å². The Morgan fingerprint density at radius 1 is 1.36 bits per heavy atom. The fourth-order valence-corrected chi connectivity index (χ4v) is 1.16. The second kappa shape index (κ2) is 6.62. The number of methoxy groups -OCH3 is 1. The van der Waals surface area contributed by atoms with Crippen molar-refractivity contribution in [3.8, 4) is 0 Å². The summed E-state index contributed by atoms with van der Waals surface area (Å²) in [5.41, 5.74) is 0. The highest BCUT2D eigenvalue weighted by Crippen LogP contribution is 2.09. The van der Waals surface area contributed by atoms with Crippen LogP contribution in [0.3, 0.4) is 0 Å². The normalized spacial score (nSPS) is 13.9. The topological polar surface area (TPSA) is 21.3 Å². The predicted molar refractivity (Wildman–Crippen MR) is 48.8 cm³/mol. The highest BCUT2D eigenvalue weighted by atomic mass is 16.5. The minimum atomic E-state index is 0.433. The number of hydrogen-bond acceptors (Lipinski definition) is 2. The molecule has 0 aliphatic heterocycles. The molecule has 0 aromatic carbocycles. The maximum absolute atomic E-state index is 5.32. The molecule has 68 valence electrons. The Hall–Kier alpha value is -0.0800. The van der Waals surface area contributed by atoms with Gasteiger partial charge in [-0.05, 0) is 32.4 Å². The summed E-state index contributed by atoms with van der Waals surface area (Å²) in [6, 6.07) is 0. The Morgan fingerprint density at radius 3 is 2.36 bits per heavy atom. The van der Waals surface area contributed by atoms with Crippen molar-refractivity contribution in [2.24, 2.45) is 5.92 Å². The van der Waals surface area contributed by atoms with Crippen LogP contribution in [0, 0.1) is 5.92 Å². The highest BCUT2D eigenvalue weighted by Gasteiger charge is 2.07. The van der Waals surface area contributed by atoms with Gasteiger partial charge in [-0.25, -0.2) is 0 Å². The van der Waals surface area contributed by atoms with Gasteiger partial charge in [0.2, 0.25) is 0 Å². The lowest BCUT2D eigenvalue weighted by Gasteiger charge is -2.16. The first kappa shape index (κ1) is 10.9. The van der Waals surface area contributed by atoms with Crippen molar-refractivity contribution in [1.82, 2.24) is 5.32 Å². The van der Waals surface area contributed by atoms with E-state index in [2.05, 4.69) is 19.2 Å². The van der Waals surface area contributed by atoms with Gasteiger partial charge in [-0.15, -0.1) is 0 Å². The van der Waals surface area contributed by atoms with Gasteiger partial charge in [0, 0.05) is 7.11 Å². The van der Waals surface area contributed by atoms with Gasteiger partial charge in [0.1, 0.15) is 0 Å². The van der Waals surface area contributed by atoms with Crippen molar-refractivity contribution in [2.45, 2.75) is 32.8 Å². The summed E-state index contributed by atoms with van der Waals surface area (Å²) in [7, 11) is 3.77. The fourth-order valence-electron chi connectivity index (χ4n) is 1.16. The Bertz CT molecular complexity index is 83.6. The van der Waals surface area contributed by atoms with E-state index in [1.54, 1.807) is 7.11 Å². The molecule has 0 amide bonds. The van der Waals surface area contributed by atoms with Crippen LogP contribution >= 0.6 is 0 Å². The molecule has 1 atom stereocenters. The molecule has 1 N–H and O–H groups in total. The largest absolute Gasteiger partial charge is 0.381 e. The SMILES string of the molecule is CNCC[C@H](CC(C)C)OC. The quantitative estimate of drug-likeness (QED) is 0.636. The van der Waals surface area contributed by atoms with E-state index < -0.39 is 0 Å². The molecule has 0 radical (unpaired) electrons. The van der Waals surface area contributed by atoms with Crippen molar-refractivity contribution < 1.29 is 4.74 Å². The van der Waals surface area contributed by atoms with E-state index in [1.807, 2.05) is 7.05 Å². The summed E-state index contributed by atoms with van der Waals surface area (Å²) in [6.45, 7) is 5.50. The van der Waals surface area contributed by atoms with Gasteiger partial charge in [-0.2, -0.15) is 0 Å². The molecule has 0 aliphatic rings. The minimum absolute atomic E-state index is 0.433. The van der Waals surface area contributed by atoms with Crippen LogP contribution in [0.4, 0.5) is 0 Å². The lowest BCUT2D eigenvalue weighted by atomic mass is 10.0. The zero-order valence-corrected chi connectivity index (χ0v) is 8.18. The standard InChI is InChI=1S/C9H21NO/c1-8(2)7-9(11-4)5-6-10-3/h8-10H,5-7H2,1-4H3/t9-/m1/s1. The molecule has 0 aliphatic carbocycles. The molecule has 0 fully saturated rings. The second-order valence-corrected chi connectivity index (χ2v) is 3.38. The van der Waals surface area contributed by atoms with Crippen molar-refractivity contribution in [1.29, 1.82) is 0 Å². The number of hydrogen-bond donors (Lipinski definition) is 1. The van der Waals surface area contributed by atoms with Crippen molar-refractivity contribution >= 4 is 0 Å². The number of rotatable bonds is 6. The van der Waals surface area contributed by atoms with Crippen molar-refractivity contribution in [3.05, 3.63) is 0 Å². The van der Waals surface area contributed by atoms with Crippen LogP contribution in [0.1, 0.15) is 26.7 Å². The highest BCUT2D eigenvalue weighted by molar-refractivity contribution is 4.61. The van der Waals surface area contributed by atoms with Gasteiger partial charge >= 0.3 is 0 Å². The summed E-state index contributed by atoms with van der Waals surface area (Å²) >= 11 is 0. The van der Waals surface area contributed by atoms with E-state index in [-0.39, 0.29) is 0 Å². The van der Waals surface area contributed by atoms with Crippen LogP contribution in [-0.2, 0) is 4.74 Å². The molecule has 2 heteroatoms. The first-order valence-corrected chi connectivity index (χ1v) is 4.38. The van der Waals surface area contributed by atoms with Gasteiger partial charge in [-0.1, -0.05) is 13.8 Å². The lowest BCUT2D eigenvalue weighted by molar-refractivity contribution is 0.0780. The van der Waals surface area contributed by atoms with Gasteiger partial charge in [0.25, 0.3) is 0 Å². The molecule has 0 saturated heterocycles. The third kappa shape index (κ3) is 6.32. The molecule has 2 nitrogen and oxygen atoms in total. The van der Waals surface area contributed by atoms with Crippen molar-refractivity contribution in [2.75, 3.05) is 20.7 Å². The van der Waals surface area contributed by atoms with E-state index in [0.717, 1.165) is 25.3 Å². The molecule has 0 unspecified atom stereocenters. The third-order valence-corrected chi connectivity index (χ3v) is 1.78. The summed E-state index contributed by atoms with van der Waals surface area (Å²) in [6.07, 6.45) is 2.71. The number of nitrogens with one attached hydrogen (secondary N) is 1. The molecular weight excluding hydrogens is 138 g/mol. The second-order valence-electron chi connectivity index (χ2n) is 3.38. The van der Waals surface area contributed by atoms with E-state index in [4.69, 9.17) is 4.74 Å². The first-order chi connectivity index (χ1) is 5.20. The molecule has 0 aromatic heterocycles. The van der Waals surface area contributed by atoms with E-state index >= 15 is 0 Å². The fraction of sp³-hybridized carbons (Fsp3) is 1.00. The molecule has 0 heterocycles. The molecule has 0 aromatic rings. The average Bonchev–Trinajstić information content (AvgIpc) is 1.97. The van der Waals surface area contributed by atoms with E-state index in [0.29, 0.717) is 6.10 Å². The summed E-state index contributed by atoms with van der Waals surface area (Å²) in [4.78, 5) is 0. The van der Waals surface area contributed by atoms with Crippen LogP contribution in [0.15, 0.2) is 0 Å². The van der Waals surface area contributed by atoms with Crippen molar-refractivity contribution in [3.63, 3.8) is 0 Å². The Balaban J connectivity index is 3.41. The molecular formula is C9H21NO. The zero-order chi connectivity index (χ0) is 8.69. The van der Waals surface area contributed by atoms with Crippen LogP contribution < -0.4 is 5.32 Å². The van der Waals surface area contributed by atoms with Crippen LogP contribution in [0.25, 0.3) is 0 Å². The molecule has 0 rings (SSSR count). The van der Waals surface area contributed by atoms with Gasteiger partial charge in [0.05, 0.1) is 6.10 Å². The smallest absolute Gasteiger partial charge is 0.0585 e. The average molecular weight is 159 g/mol. The molecule has 0 spiro atoms. The van der Waals surface area contributed by atoms with E-state index in [9.17, 15) is 0 Å². The maximum atomic E-state index is 5.32. The monoisotopic (exact) mass is 159 g/mol. The van der Waals surface area contributed by atoms with E-state index in [1.165, 1.54) is 0 Å². The molecule has 0 bridgehead atoms. The Kier molecular flexibility index (Phi) is 6.57. The lowest BCUT2D eigenvalue weighted by Crippen LogP contribution is -2.20. The van der Waals surface area contributed by atoms with Crippen LogP contribution in [-0.4, -0.2) is 26.8 Å². The number of ether oxygens (including phenoxy) is 1. The molecule has 0 saturated carbocycles. The van der Waals surface area contributed by atoms with Gasteiger partial charge in [0.15, 0.2) is 0 Å². The minimum Gasteiger partial charge on any atom is -0.381 e. The first-order valence-electron chi connectivity index (χ1n) is 4.38. The predicted octanol–water partition coefficient (Wildman–Crippen LogP) is 1.66. The van der Waals surface area contributed by atoms with Crippen LogP contribution in [0.2, 0.25) is 0 Å². The summed E-state index contributed by atoms with van der Waals surface area (Å²) < 4.78 is 5.32. The summed E-state index contributed by atoms with van der Waals surface area (Å²) in [5, 5.41) is 3.13. The third-order valence-electron chi connectivity index (χ3n) is 1.78. The molecule has 11 heavy (non-hydrogen) atoms. The Morgan fingerprint density at radius 2 is 2.00 bits per heavy atom. The van der Waals surface area contributed by atoms with Gasteiger partial charge < -0.3 is 10.1 Å². The zero-order valence-electron chi connectivity index (χ0n) is 8.18.